The van der Waals surface area contributed by atoms with Crippen LogP contribution in [-0.4, -0.2) is 39.0 Å². The molecule has 0 spiro atoms. The van der Waals surface area contributed by atoms with E-state index in [1.54, 1.807) is 6.07 Å². The Morgan fingerprint density at radius 1 is 1.17 bits per heavy atom. The predicted octanol–water partition coefficient (Wildman–Crippen LogP) is 2.76. The van der Waals surface area contributed by atoms with Crippen molar-refractivity contribution in [1.82, 2.24) is 0 Å². The summed E-state index contributed by atoms with van der Waals surface area (Å²) in [7, 11) is -0.658. The third kappa shape index (κ3) is 4.86. The highest BCUT2D eigenvalue weighted by Crippen LogP contribution is 2.33. The molecule has 0 aliphatic heterocycles. The molecule has 0 heterocycles. The minimum atomic E-state index is -3.58. The molecule has 0 aromatic heterocycles. The Morgan fingerprint density at radius 2 is 1.78 bits per heavy atom. The molecule has 7 heteroatoms. The van der Waals surface area contributed by atoms with Crippen LogP contribution >= 0.6 is 0 Å². The smallest absolute Gasteiger partial charge is 0.303 e. The highest BCUT2D eigenvalue weighted by Gasteiger charge is 2.30. The molecule has 0 bridgehead atoms. The van der Waals surface area contributed by atoms with Crippen molar-refractivity contribution in [2.75, 3.05) is 14.2 Å². The van der Waals surface area contributed by atoms with Crippen LogP contribution in [-0.2, 0) is 14.6 Å². The van der Waals surface area contributed by atoms with Crippen molar-refractivity contribution in [2.45, 2.75) is 43.3 Å². The van der Waals surface area contributed by atoms with Crippen molar-refractivity contribution in [3.63, 3.8) is 0 Å². The fourth-order valence-electron chi connectivity index (χ4n) is 2.47. The van der Waals surface area contributed by atoms with Gasteiger partial charge in [0.1, 0.15) is 0 Å². The quantitative estimate of drug-likeness (QED) is 0.741. The standard InChI is InChI=1S/C16H24O6S/c1-11(2)15(6-5-7-16(17)18)23(19,20)12-8-9-13(21-3)14(10-12)22-4/h8-11,15H,5-7H2,1-4H3,(H,17,18)/t15-/m0/s1. The average Bonchev–Trinajstić information content (AvgIpc) is 2.49. The van der Waals surface area contributed by atoms with E-state index in [0.717, 1.165) is 0 Å². The van der Waals surface area contributed by atoms with Crippen LogP contribution < -0.4 is 9.47 Å². The molecule has 1 aromatic rings. The van der Waals surface area contributed by atoms with Crippen LogP contribution in [0.25, 0.3) is 0 Å². The number of carbonyl (C=O) groups is 1. The number of ether oxygens (including phenoxy) is 2. The molecule has 0 aliphatic carbocycles. The Labute approximate surface area is 137 Å². The second-order valence-electron chi connectivity index (χ2n) is 5.63. The third-order valence-corrected chi connectivity index (χ3v) is 6.19. The molecule has 0 unspecified atom stereocenters. The van der Waals surface area contributed by atoms with Gasteiger partial charge >= 0.3 is 5.97 Å². The van der Waals surface area contributed by atoms with Gasteiger partial charge in [-0.1, -0.05) is 13.8 Å². The van der Waals surface area contributed by atoms with Crippen LogP contribution in [0.15, 0.2) is 23.1 Å². The van der Waals surface area contributed by atoms with Gasteiger partial charge in [0.25, 0.3) is 0 Å². The second kappa shape index (κ2) is 8.19. The maximum atomic E-state index is 12.9. The lowest BCUT2D eigenvalue weighted by atomic mass is 10.0. The Bertz CT molecular complexity index is 636. The van der Waals surface area contributed by atoms with Gasteiger partial charge in [0.2, 0.25) is 0 Å². The van der Waals surface area contributed by atoms with Crippen LogP contribution in [0.4, 0.5) is 0 Å². The summed E-state index contributed by atoms with van der Waals surface area (Å²) in [6.07, 6.45) is 0.593. The molecule has 23 heavy (non-hydrogen) atoms. The highest BCUT2D eigenvalue weighted by molar-refractivity contribution is 7.92. The SMILES string of the molecule is COc1ccc(S(=O)(=O)[C@@H](CCCC(=O)O)C(C)C)cc1OC. The van der Waals surface area contributed by atoms with Crippen LogP contribution in [0.1, 0.15) is 33.1 Å². The van der Waals surface area contributed by atoms with Gasteiger partial charge in [0.15, 0.2) is 21.3 Å². The number of hydrogen-bond acceptors (Lipinski definition) is 5. The van der Waals surface area contributed by atoms with E-state index in [2.05, 4.69) is 0 Å². The van der Waals surface area contributed by atoms with Gasteiger partial charge in [-0.05, 0) is 30.9 Å². The Balaban J connectivity index is 3.12. The molecule has 1 aromatic carbocycles. The monoisotopic (exact) mass is 344 g/mol. The van der Waals surface area contributed by atoms with E-state index in [1.807, 2.05) is 13.8 Å². The molecular weight excluding hydrogens is 320 g/mol. The Morgan fingerprint density at radius 3 is 2.26 bits per heavy atom. The Kier molecular flexibility index (Phi) is 6.87. The van der Waals surface area contributed by atoms with E-state index in [9.17, 15) is 13.2 Å². The molecule has 0 fully saturated rings. The fraction of sp³-hybridized carbons (Fsp3) is 0.562. The van der Waals surface area contributed by atoms with Gasteiger partial charge in [-0.3, -0.25) is 4.79 Å². The van der Waals surface area contributed by atoms with E-state index in [-0.39, 0.29) is 17.2 Å². The molecule has 0 saturated heterocycles. The number of hydrogen-bond donors (Lipinski definition) is 1. The summed E-state index contributed by atoms with van der Waals surface area (Å²) in [5.41, 5.74) is 0. The summed E-state index contributed by atoms with van der Waals surface area (Å²) in [5, 5.41) is 8.09. The zero-order chi connectivity index (χ0) is 17.6. The molecule has 0 saturated carbocycles. The van der Waals surface area contributed by atoms with Crippen molar-refractivity contribution < 1.29 is 27.8 Å². The van der Waals surface area contributed by atoms with Crippen LogP contribution in [0.3, 0.4) is 0 Å². The third-order valence-electron chi connectivity index (χ3n) is 3.70. The molecule has 1 rings (SSSR count). The number of sulfone groups is 1. The van der Waals surface area contributed by atoms with Gasteiger partial charge in [-0.2, -0.15) is 0 Å². The van der Waals surface area contributed by atoms with E-state index < -0.39 is 21.1 Å². The highest BCUT2D eigenvalue weighted by atomic mass is 32.2. The number of methoxy groups -OCH3 is 2. The summed E-state index contributed by atoms with van der Waals surface area (Å²) < 4.78 is 36.0. The fourth-order valence-corrected chi connectivity index (χ4v) is 4.54. The summed E-state index contributed by atoms with van der Waals surface area (Å²) in [4.78, 5) is 10.8. The first-order valence-electron chi connectivity index (χ1n) is 7.41. The van der Waals surface area contributed by atoms with E-state index in [1.165, 1.54) is 26.4 Å². The lowest BCUT2D eigenvalue weighted by molar-refractivity contribution is -0.137. The number of carboxylic acids is 1. The van der Waals surface area contributed by atoms with Gasteiger partial charge in [-0.25, -0.2) is 8.42 Å². The van der Waals surface area contributed by atoms with Crippen molar-refractivity contribution >= 4 is 15.8 Å². The number of benzene rings is 1. The summed E-state index contributed by atoms with van der Waals surface area (Å²) in [6, 6.07) is 4.49. The van der Waals surface area contributed by atoms with Crippen molar-refractivity contribution in [3.8, 4) is 11.5 Å². The predicted molar refractivity (Wildman–Crippen MR) is 86.8 cm³/mol. The largest absolute Gasteiger partial charge is 0.493 e. The number of rotatable bonds is 9. The van der Waals surface area contributed by atoms with Crippen LogP contribution in [0.5, 0.6) is 11.5 Å². The summed E-state index contributed by atoms with van der Waals surface area (Å²) in [5.74, 6) is -0.238. The number of aliphatic carboxylic acids is 1. The maximum Gasteiger partial charge on any atom is 0.303 e. The van der Waals surface area contributed by atoms with Crippen LogP contribution in [0, 0.1) is 5.92 Å². The first-order chi connectivity index (χ1) is 10.7. The first-order valence-corrected chi connectivity index (χ1v) is 8.96. The molecular formula is C16H24O6S. The molecule has 0 aliphatic rings. The van der Waals surface area contributed by atoms with E-state index in [4.69, 9.17) is 14.6 Å². The van der Waals surface area contributed by atoms with E-state index >= 15 is 0 Å². The summed E-state index contributed by atoms with van der Waals surface area (Å²) >= 11 is 0. The minimum Gasteiger partial charge on any atom is -0.493 e. The van der Waals surface area contributed by atoms with Crippen molar-refractivity contribution in [3.05, 3.63) is 18.2 Å². The topological polar surface area (TPSA) is 89.9 Å². The molecule has 0 amide bonds. The van der Waals surface area contributed by atoms with Gasteiger partial charge in [-0.15, -0.1) is 0 Å². The normalized spacial score (nSPS) is 12.9. The average molecular weight is 344 g/mol. The molecule has 130 valence electrons. The minimum absolute atomic E-state index is 0.0370. The van der Waals surface area contributed by atoms with Gasteiger partial charge in [0, 0.05) is 12.5 Å². The summed E-state index contributed by atoms with van der Waals surface area (Å²) in [6.45, 7) is 3.65. The van der Waals surface area contributed by atoms with E-state index in [0.29, 0.717) is 24.3 Å². The molecule has 1 atom stereocenters. The molecule has 6 nitrogen and oxygen atoms in total. The van der Waals surface area contributed by atoms with Crippen LogP contribution in [0.2, 0.25) is 0 Å². The second-order valence-corrected chi connectivity index (χ2v) is 7.80. The number of carboxylic acid groups (broad SMARTS) is 1. The zero-order valence-corrected chi connectivity index (χ0v) is 14.7. The lowest BCUT2D eigenvalue weighted by Gasteiger charge is -2.21. The molecule has 0 radical (unpaired) electrons. The zero-order valence-electron chi connectivity index (χ0n) is 13.9. The van der Waals surface area contributed by atoms with Gasteiger partial charge < -0.3 is 14.6 Å². The van der Waals surface area contributed by atoms with Crippen molar-refractivity contribution in [1.29, 1.82) is 0 Å². The first kappa shape index (κ1) is 19.3. The maximum absolute atomic E-state index is 12.9. The lowest BCUT2D eigenvalue weighted by Crippen LogP contribution is -2.27. The molecule has 1 N–H and O–H groups in total. The van der Waals surface area contributed by atoms with Crippen molar-refractivity contribution in [2.24, 2.45) is 5.92 Å². The van der Waals surface area contributed by atoms with Gasteiger partial charge in [0.05, 0.1) is 24.4 Å². The Hall–Kier alpha value is -1.76.